The first kappa shape index (κ1) is 24.6. The SMILES string of the molecule is CC1N=Cc2c(ccc(Cl)c2-c2ccccc2F)N=C1OP(=O)(N1CCOCC1)N1CCOCC1. The topological polar surface area (TPSA) is 76.0 Å². The molecule has 1 atom stereocenters. The summed E-state index contributed by atoms with van der Waals surface area (Å²) in [5, 5.41) is 0.389. The van der Waals surface area contributed by atoms with E-state index in [1.165, 1.54) is 6.07 Å². The molecule has 0 N–H and O–H groups in total. The van der Waals surface area contributed by atoms with Gasteiger partial charge in [0.2, 0.25) is 5.90 Å². The summed E-state index contributed by atoms with van der Waals surface area (Å²) in [6.07, 6.45) is 1.64. The lowest BCUT2D eigenvalue weighted by atomic mass is 9.98. The average molecular weight is 521 g/mol. The highest BCUT2D eigenvalue weighted by Gasteiger charge is 2.43. The van der Waals surface area contributed by atoms with Gasteiger partial charge in [-0.25, -0.2) is 23.3 Å². The monoisotopic (exact) mass is 520 g/mol. The van der Waals surface area contributed by atoms with Gasteiger partial charge in [-0.1, -0.05) is 29.8 Å². The zero-order valence-corrected chi connectivity index (χ0v) is 21.1. The van der Waals surface area contributed by atoms with Crippen LogP contribution in [-0.2, 0) is 18.6 Å². The molecule has 3 heterocycles. The highest BCUT2D eigenvalue weighted by atomic mass is 35.5. The molecule has 0 bridgehead atoms. The molecule has 0 radical (unpaired) electrons. The third-order valence-corrected chi connectivity index (χ3v) is 9.20. The lowest BCUT2D eigenvalue weighted by Gasteiger charge is -2.41. The van der Waals surface area contributed by atoms with E-state index in [1.54, 1.807) is 36.5 Å². The fraction of sp³-hybridized carbons (Fsp3) is 0.417. The van der Waals surface area contributed by atoms with E-state index < -0.39 is 19.5 Å². The van der Waals surface area contributed by atoms with E-state index in [9.17, 15) is 8.96 Å². The Morgan fingerprint density at radius 2 is 1.66 bits per heavy atom. The summed E-state index contributed by atoms with van der Waals surface area (Å²) >= 11 is 6.51. The van der Waals surface area contributed by atoms with Gasteiger partial charge in [0.05, 0.1) is 32.1 Å². The minimum Gasteiger partial charge on any atom is -0.405 e. The van der Waals surface area contributed by atoms with Crippen LogP contribution in [0.15, 0.2) is 46.4 Å². The van der Waals surface area contributed by atoms with Gasteiger partial charge in [0.1, 0.15) is 11.9 Å². The summed E-state index contributed by atoms with van der Waals surface area (Å²) in [5.74, 6) is -0.152. The molecular formula is C24H27ClFN4O4P. The molecule has 2 saturated heterocycles. The van der Waals surface area contributed by atoms with Gasteiger partial charge in [0.25, 0.3) is 0 Å². The van der Waals surface area contributed by atoms with Crippen molar-refractivity contribution in [2.24, 2.45) is 9.98 Å². The fourth-order valence-corrected chi connectivity index (χ4v) is 6.97. The first-order chi connectivity index (χ1) is 17.0. The van der Waals surface area contributed by atoms with Crippen LogP contribution in [-0.4, -0.2) is 80.1 Å². The predicted molar refractivity (Wildman–Crippen MR) is 134 cm³/mol. The Kier molecular flexibility index (Phi) is 7.34. The molecule has 3 aliphatic heterocycles. The van der Waals surface area contributed by atoms with Crippen molar-refractivity contribution < 1.29 is 23.0 Å². The Labute approximate surface area is 208 Å². The van der Waals surface area contributed by atoms with Gasteiger partial charge in [-0.15, -0.1) is 0 Å². The minimum absolute atomic E-state index is 0.239. The molecule has 0 amide bonds. The molecule has 3 aliphatic rings. The summed E-state index contributed by atoms with van der Waals surface area (Å²) in [4.78, 5) is 9.36. The maximum Gasteiger partial charge on any atom is 0.397 e. The molecule has 35 heavy (non-hydrogen) atoms. The molecule has 0 aromatic heterocycles. The van der Waals surface area contributed by atoms with Gasteiger partial charge < -0.3 is 14.0 Å². The fourth-order valence-electron chi connectivity index (χ4n) is 4.34. The number of rotatable bonds is 4. The lowest BCUT2D eigenvalue weighted by molar-refractivity contribution is 0.0439. The van der Waals surface area contributed by atoms with E-state index in [4.69, 9.17) is 30.6 Å². The van der Waals surface area contributed by atoms with E-state index >= 15 is 0 Å². The number of fused-ring (bicyclic) bond motifs is 1. The summed E-state index contributed by atoms with van der Waals surface area (Å²) in [6, 6.07) is 9.35. The molecule has 2 fully saturated rings. The van der Waals surface area contributed by atoms with Crippen LogP contribution in [0.25, 0.3) is 11.1 Å². The van der Waals surface area contributed by atoms with E-state index in [-0.39, 0.29) is 5.90 Å². The van der Waals surface area contributed by atoms with Crippen molar-refractivity contribution in [3.05, 3.63) is 52.8 Å². The van der Waals surface area contributed by atoms with Crippen molar-refractivity contribution in [1.29, 1.82) is 0 Å². The highest BCUT2D eigenvalue weighted by Crippen LogP contribution is 2.55. The third kappa shape index (κ3) is 4.94. The van der Waals surface area contributed by atoms with E-state index in [0.29, 0.717) is 80.0 Å². The Morgan fingerprint density at radius 3 is 2.29 bits per heavy atom. The number of hydrogen-bond donors (Lipinski definition) is 0. The number of nitrogens with zero attached hydrogens (tertiary/aromatic N) is 4. The predicted octanol–water partition coefficient (Wildman–Crippen LogP) is 4.79. The van der Waals surface area contributed by atoms with Gasteiger partial charge >= 0.3 is 7.67 Å². The molecule has 186 valence electrons. The van der Waals surface area contributed by atoms with Crippen LogP contribution in [0.5, 0.6) is 0 Å². The Morgan fingerprint density at radius 1 is 1.03 bits per heavy atom. The van der Waals surface area contributed by atoms with Gasteiger partial charge in [-0.2, -0.15) is 0 Å². The second-order valence-electron chi connectivity index (χ2n) is 8.45. The number of morpholine rings is 2. The second kappa shape index (κ2) is 10.5. The molecule has 1 unspecified atom stereocenters. The minimum atomic E-state index is -3.48. The zero-order chi connectivity index (χ0) is 24.4. The zero-order valence-electron chi connectivity index (χ0n) is 19.4. The maximum absolute atomic E-state index is 14.7. The van der Waals surface area contributed by atoms with E-state index in [1.807, 2.05) is 16.3 Å². The van der Waals surface area contributed by atoms with Crippen molar-refractivity contribution in [3.8, 4) is 11.1 Å². The van der Waals surface area contributed by atoms with Crippen LogP contribution >= 0.6 is 19.3 Å². The number of hydrogen-bond acceptors (Lipinski definition) is 6. The summed E-state index contributed by atoms with van der Waals surface area (Å²) in [6.45, 7) is 5.69. The van der Waals surface area contributed by atoms with Crippen molar-refractivity contribution in [2.45, 2.75) is 13.0 Å². The Hall–Kier alpha value is -2.13. The maximum atomic E-state index is 14.7. The molecule has 0 saturated carbocycles. The van der Waals surface area contributed by atoms with Crippen LogP contribution in [0.1, 0.15) is 12.5 Å². The number of ether oxygens (including phenoxy) is 2. The number of halogens is 2. The number of aliphatic imine (C=N–C) groups is 2. The van der Waals surface area contributed by atoms with Crippen LogP contribution in [0, 0.1) is 5.82 Å². The molecule has 0 spiro atoms. The molecule has 11 heteroatoms. The first-order valence-electron chi connectivity index (χ1n) is 11.6. The number of benzene rings is 2. The Bertz CT molecular complexity index is 1180. The average Bonchev–Trinajstić information content (AvgIpc) is 3.04. The quantitative estimate of drug-likeness (QED) is 0.540. The van der Waals surface area contributed by atoms with E-state index in [0.717, 1.165) is 0 Å². The smallest absolute Gasteiger partial charge is 0.397 e. The molecular weight excluding hydrogens is 494 g/mol. The Balaban J connectivity index is 1.56. The van der Waals surface area contributed by atoms with Crippen LogP contribution in [0.2, 0.25) is 5.02 Å². The first-order valence-corrected chi connectivity index (χ1v) is 13.5. The molecule has 2 aromatic carbocycles. The summed E-state index contributed by atoms with van der Waals surface area (Å²) in [5.41, 5.74) is 1.97. The third-order valence-electron chi connectivity index (χ3n) is 6.23. The molecule has 8 nitrogen and oxygen atoms in total. The summed E-state index contributed by atoms with van der Waals surface area (Å²) in [7, 11) is -3.48. The normalized spacial score (nSPS) is 21.8. The van der Waals surface area contributed by atoms with E-state index in [2.05, 4.69) is 4.99 Å². The highest BCUT2D eigenvalue weighted by molar-refractivity contribution is 7.54. The van der Waals surface area contributed by atoms with Gasteiger partial charge in [-0.05, 0) is 25.1 Å². The van der Waals surface area contributed by atoms with Crippen molar-refractivity contribution in [3.63, 3.8) is 0 Å². The molecule has 5 rings (SSSR count). The van der Waals surface area contributed by atoms with Crippen LogP contribution in [0.4, 0.5) is 10.1 Å². The van der Waals surface area contributed by atoms with Crippen molar-refractivity contribution in [1.82, 2.24) is 9.34 Å². The molecule has 2 aromatic rings. The van der Waals surface area contributed by atoms with Crippen LogP contribution in [0.3, 0.4) is 0 Å². The lowest BCUT2D eigenvalue weighted by Crippen LogP contribution is -2.44. The van der Waals surface area contributed by atoms with Crippen molar-refractivity contribution >= 4 is 37.1 Å². The largest absolute Gasteiger partial charge is 0.405 e. The van der Waals surface area contributed by atoms with Gasteiger partial charge in [-0.3, -0.25) is 4.99 Å². The van der Waals surface area contributed by atoms with Crippen LogP contribution < -0.4 is 0 Å². The summed E-state index contributed by atoms with van der Waals surface area (Å²) < 4.78 is 50.1. The standard InChI is InChI=1S/C24H27ClFN4O4P/c1-17-24(34-35(31,29-8-12-32-13-9-29)30-10-14-33-15-11-30)28-22-7-6-20(25)23(19(22)16-27-17)18-4-2-3-5-21(18)26/h2-7,16-17H,8-15H2,1H3. The van der Waals surface area contributed by atoms with Gasteiger partial charge in [0.15, 0.2) is 0 Å². The van der Waals surface area contributed by atoms with Gasteiger partial charge in [0, 0.05) is 54.1 Å². The molecule has 0 aliphatic carbocycles. The second-order valence-corrected chi connectivity index (χ2v) is 11.2. The van der Waals surface area contributed by atoms with Crippen molar-refractivity contribution in [2.75, 3.05) is 52.6 Å².